The van der Waals surface area contributed by atoms with Gasteiger partial charge in [-0.2, -0.15) is 0 Å². The molecule has 0 spiro atoms. The number of aromatic nitrogens is 4. The quantitative estimate of drug-likeness (QED) is 0.0899. The molecule has 324 valence electrons. The van der Waals surface area contributed by atoms with Crippen LogP contribution in [0, 0.1) is 17.8 Å². The number of carbonyl (C=O) groups is 3. The summed E-state index contributed by atoms with van der Waals surface area (Å²) in [5, 5.41) is 32.5. The monoisotopic (exact) mass is 853 g/mol. The van der Waals surface area contributed by atoms with Crippen molar-refractivity contribution < 1.29 is 38.5 Å². The van der Waals surface area contributed by atoms with Gasteiger partial charge in [-0.05, 0) is 74.7 Å². The first-order valence-electron chi connectivity index (χ1n) is 20.2. The summed E-state index contributed by atoms with van der Waals surface area (Å²) >= 11 is 1.42. The molecule has 0 radical (unpaired) electrons. The third kappa shape index (κ3) is 13.1. The standard InChI is InChI=1S/C42H63N7O8SSi/c1-28(2)36(49-25-35(45-46-49)55-21-12-13-22-56-59(10,11)42(6,7)8)39(53)48-24-31(51)23-34(48)38(52)44-33(26-50)29-16-18-30(19-17-29)37-32(43-27-58-37)15-14-20-47(9)40(54)57-41(3,4)5/h16-19,25,27-28,31,33-34,36,50-51H,12-13,20-24,26H2,1-11H3,(H,44,52)/t31-,33+,34+,36+/m1/s1. The molecule has 3 aromatic rings. The zero-order valence-electron chi connectivity index (χ0n) is 36.4. The van der Waals surface area contributed by atoms with Crippen LogP contribution in [0.25, 0.3) is 10.4 Å². The highest BCUT2D eigenvalue weighted by molar-refractivity contribution is 7.13. The lowest BCUT2D eigenvalue weighted by Crippen LogP contribution is -2.50. The summed E-state index contributed by atoms with van der Waals surface area (Å²) in [6, 6.07) is 4.79. The predicted octanol–water partition coefficient (Wildman–Crippen LogP) is 5.81. The zero-order valence-corrected chi connectivity index (χ0v) is 38.3. The van der Waals surface area contributed by atoms with Crippen molar-refractivity contribution in [1.29, 1.82) is 0 Å². The fourth-order valence-electron chi connectivity index (χ4n) is 6.12. The highest BCUT2D eigenvalue weighted by Gasteiger charge is 2.43. The molecule has 17 heteroatoms. The lowest BCUT2D eigenvalue weighted by atomic mass is 10.0. The third-order valence-corrected chi connectivity index (χ3v) is 15.9. The molecule has 2 aromatic heterocycles. The molecule has 0 bridgehead atoms. The summed E-state index contributed by atoms with van der Waals surface area (Å²) < 4.78 is 18.9. The van der Waals surface area contributed by atoms with E-state index >= 15 is 0 Å². The maximum Gasteiger partial charge on any atom is 0.410 e. The van der Waals surface area contributed by atoms with E-state index in [2.05, 4.69) is 66.3 Å². The number of ether oxygens (including phenoxy) is 2. The number of amides is 3. The first-order valence-corrected chi connectivity index (χ1v) is 24.0. The summed E-state index contributed by atoms with van der Waals surface area (Å²) in [7, 11) is -0.189. The molecule has 1 aromatic carbocycles. The number of hydrogen-bond donors (Lipinski definition) is 3. The van der Waals surface area contributed by atoms with E-state index in [0.717, 1.165) is 23.3 Å². The van der Waals surface area contributed by atoms with Crippen molar-refractivity contribution in [3.63, 3.8) is 0 Å². The van der Waals surface area contributed by atoms with Crippen molar-refractivity contribution in [2.45, 2.75) is 123 Å². The average molecular weight is 854 g/mol. The van der Waals surface area contributed by atoms with E-state index in [1.807, 2.05) is 26.0 Å². The van der Waals surface area contributed by atoms with E-state index < -0.39 is 56.8 Å². The molecule has 59 heavy (non-hydrogen) atoms. The molecule has 1 aliphatic heterocycles. The fraction of sp³-hybridized carbons (Fsp3) is 0.619. The number of benzene rings is 1. The first-order chi connectivity index (χ1) is 27.6. The van der Waals surface area contributed by atoms with E-state index in [4.69, 9.17) is 13.9 Å². The number of aliphatic hydroxyl groups excluding tert-OH is 2. The number of nitrogens with zero attached hydrogens (tertiary/aromatic N) is 6. The molecule has 4 rings (SSSR count). The van der Waals surface area contributed by atoms with E-state index in [-0.39, 0.29) is 36.4 Å². The normalized spacial score (nSPS) is 16.9. The van der Waals surface area contributed by atoms with Crippen molar-refractivity contribution in [1.82, 2.24) is 35.1 Å². The second-order valence-electron chi connectivity index (χ2n) is 17.8. The molecule has 3 amide bonds. The summed E-state index contributed by atoms with van der Waals surface area (Å²) in [5.74, 6) is 5.24. The number of hydrogen-bond acceptors (Lipinski definition) is 12. The van der Waals surface area contributed by atoms with Gasteiger partial charge in [0.2, 0.25) is 11.8 Å². The Hall–Kier alpha value is -4.34. The molecular formula is C42H63N7O8SSi. The summed E-state index contributed by atoms with van der Waals surface area (Å²) in [6.45, 7) is 21.1. The minimum Gasteiger partial charge on any atom is -0.475 e. The summed E-state index contributed by atoms with van der Waals surface area (Å²) in [6.07, 6.45) is 1.89. The Kier molecular flexibility index (Phi) is 16.3. The summed E-state index contributed by atoms with van der Waals surface area (Å²) in [4.78, 5) is 48.2. The maximum atomic E-state index is 14.1. The molecule has 0 saturated carbocycles. The number of unbranched alkanes of at least 4 members (excludes halogenated alkanes) is 1. The lowest BCUT2D eigenvalue weighted by molar-refractivity contribution is -0.142. The van der Waals surface area contributed by atoms with Gasteiger partial charge in [-0.15, -0.1) is 11.3 Å². The molecule has 4 atom stereocenters. The van der Waals surface area contributed by atoms with Gasteiger partial charge in [0.25, 0.3) is 5.88 Å². The van der Waals surface area contributed by atoms with Crippen LogP contribution in [0.1, 0.15) is 98.0 Å². The number of thiazole rings is 1. The van der Waals surface area contributed by atoms with Crippen LogP contribution < -0.4 is 10.1 Å². The molecule has 1 saturated heterocycles. The topological polar surface area (TPSA) is 181 Å². The van der Waals surface area contributed by atoms with Gasteiger partial charge in [0.05, 0.1) is 48.5 Å². The number of aliphatic hydroxyl groups is 2. The van der Waals surface area contributed by atoms with Gasteiger partial charge < -0.3 is 39.2 Å². The van der Waals surface area contributed by atoms with Gasteiger partial charge in [-0.25, -0.2) is 14.5 Å². The van der Waals surface area contributed by atoms with Crippen molar-refractivity contribution in [3.05, 3.63) is 47.2 Å². The average Bonchev–Trinajstić information content (AvgIpc) is 3.91. The Morgan fingerprint density at radius 2 is 1.76 bits per heavy atom. The minimum atomic E-state index is -1.81. The highest BCUT2D eigenvalue weighted by atomic mass is 32.1. The van der Waals surface area contributed by atoms with Crippen LogP contribution in [0.15, 0.2) is 36.0 Å². The fourth-order valence-corrected chi connectivity index (χ4v) is 7.96. The molecular weight excluding hydrogens is 791 g/mol. The Morgan fingerprint density at radius 3 is 2.39 bits per heavy atom. The molecule has 0 unspecified atom stereocenters. The van der Waals surface area contributed by atoms with E-state index in [0.29, 0.717) is 30.4 Å². The zero-order chi connectivity index (χ0) is 43.7. The van der Waals surface area contributed by atoms with Crippen LogP contribution >= 0.6 is 11.3 Å². The van der Waals surface area contributed by atoms with Crippen LogP contribution in [0.3, 0.4) is 0 Å². The number of β-amino-alcohol motifs (C(OH)–C–C–N with tert-alkyl or cyclic N) is 1. The Balaban J connectivity index is 1.36. The van der Waals surface area contributed by atoms with E-state index in [9.17, 15) is 24.6 Å². The van der Waals surface area contributed by atoms with E-state index in [1.54, 1.807) is 51.7 Å². The van der Waals surface area contributed by atoms with Crippen molar-refractivity contribution in [2.24, 2.45) is 5.92 Å². The highest BCUT2D eigenvalue weighted by Crippen LogP contribution is 2.36. The minimum absolute atomic E-state index is 0.0228. The molecule has 3 N–H and O–H groups in total. The number of carbonyl (C=O) groups excluding carboxylic acids is 3. The molecule has 3 heterocycles. The SMILES string of the molecule is CC(C)[C@@H](C(=O)N1C[C@H](O)C[C@H]1C(=O)N[C@@H](CO)c1ccc(-c2scnc2C#CCN(C)C(=O)OC(C)(C)C)cc1)n1cc(OCCCCO[Si](C)(C)C(C)(C)C)nn1. The van der Waals surface area contributed by atoms with Crippen molar-refractivity contribution in [3.8, 4) is 28.2 Å². The second-order valence-corrected chi connectivity index (χ2v) is 23.5. The number of nitrogens with one attached hydrogen (secondary N) is 1. The van der Waals surface area contributed by atoms with Gasteiger partial charge in [0, 0.05) is 26.6 Å². The van der Waals surface area contributed by atoms with Gasteiger partial charge in [-0.3, -0.25) is 9.59 Å². The second kappa shape index (κ2) is 20.3. The Labute approximate surface area is 353 Å². The number of likely N-dealkylation sites (tertiary alicyclic amines) is 1. The van der Waals surface area contributed by atoms with Crippen LogP contribution in [0.5, 0.6) is 5.88 Å². The summed E-state index contributed by atoms with van der Waals surface area (Å²) in [5.41, 5.74) is 3.13. The Bertz CT molecular complexity index is 1930. The van der Waals surface area contributed by atoms with Gasteiger partial charge in [0.1, 0.15) is 23.4 Å². The maximum absolute atomic E-state index is 14.1. The molecule has 1 fully saturated rings. The van der Waals surface area contributed by atoms with E-state index in [1.165, 1.54) is 25.8 Å². The lowest BCUT2D eigenvalue weighted by Gasteiger charge is -2.36. The first kappa shape index (κ1) is 47.3. The Morgan fingerprint density at radius 1 is 1.08 bits per heavy atom. The molecule has 0 aliphatic carbocycles. The van der Waals surface area contributed by atoms with Crippen LogP contribution in [-0.4, -0.2) is 124 Å². The predicted molar refractivity (Wildman–Crippen MR) is 229 cm³/mol. The van der Waals surface area contributed by atoms with Crippen molar-refractivity contribution >= 4 is 37.6 Å². The van der Waals surface area contributed by atoms with Gasteiger partial charge in [0.15, 0.2) is 8.32 Å². The van der Waals surface area contributed by atoms with Crippen LogP contribution in [0.4, 0.5) is 4.79 Å². The van der Waals surface area contributed by atoms with Crippen LogP contribution in [0.2, 0.25) is 18.1 Å². The van der Waals surface area contributed by atoms with Crippen LogP contribution in [-0.2, 0) is 18.8 Å². The smallest absolute Gasteiger partial charge is 0.410 e. The number of rotatable bonds is 16. The van der Waals surface area contributed by atoms with Gasteiger partial charge in [-0.1, -0.05) is 75.1 Å². The molecule has 1 aliphatic rings. The third-order valence-electron chi connectivity index (χ3n) is 10.5. The largest absolute Gasteiger partial charge is 0.475 e. The van der Waals surface area contributed by atoms with Crippen molar-refractivity contribution in [2.75, 3.05) is 40.0 Å². The van der Waals surface area contributed by atoms with Gasteiger partial charge >= 0.3 is 6.09 Å². The molecule has 15 nitrogen and oxygen atoms in total.